The second-order valence-corrected chi connectivity index (χ2v) is 2.78. The maximum atomic E-state index is 8.74. The highest BCUT2D eigenvalue weighted by molar-refractivity contribution is 7.79. The average molecular weight is 182 g/mol. The van der Waals surface area contributed by atoms with Gasteiger partial charge < -0.3 is 10.2 Å². The molecular formula is C4H10N2O4S. The molecule has 0 fully saturated rings. The lowest BCUT2D eigenvalue weighted by atomic mass is 10.9. The summed E-state index contributed by atoms with van der Waals surface area (Å²) in [6.45, 7) is 0.958. The SMILES string of the molecule is CN1C=CNC1.O=S(=O)(O)O. The van der Waals surface area contributed by atoms with Crippen molar-refractivity contribution >= 4 is 10.4 Å². The minimum atomic E-state index is -4.67. The molecule has 0 aromatic carbocycles. The molecule has 11 heavy (non-hydrogen) atoms. The summed E-state index contributed by atoms with van der Waals surface area (Å²) in [6, 6.07) is 0. The highest BCUT2D eigenvalue weighted by atomic mass is 32.3. The second-order valence-electron chi connectivity index (χ2n) is 1.88. The van der Waals surface area contributed by atoms with E-state index in [0.29, 0.717) is 0 Å². The predicted octanol–water partition coefficient (Wildman–Crippen LogP) is -0.703. The number of hydrogen-bond donors (Lipinski definition) is 3. The van der Waals surface area contributed by atoms with Crippen molar-refractivity contribution in [1.82, 2.24) is 10.2 Å². The van der Waals surface area contributed by atoms with Crippen molar-refractivity contribution in [2.75, 3.05) is 13.7 Å². The van der Waals surface area contributed by atoms with Crippen molar-refractivity contribution < 1.29 is 17.5 Å². The predicted molar refractivity (Wildman–Crippen MR) is 39.1 cm³/mol. The second kappa shape index (κ2) is 4.16. The number of rotatable bonds is 0. The molecule has 3 N–H and O–H groups in total. The summed E-state index contributed by atoms with van der Waals surface area (Å²) in [5.41, 5.74) is 0. The highest BCUT2D eigenvalue weighted by Gasteiger charge is 1.90. The van der Waals surface area contributed by atoms with Gasteiger partial charge in [0.2, 0.25) is 0 Å². The van der Waals surface area contributed by atoms with Crippen LogP contribution >= 0.6 is 0 Å². The first-order chi connectivity index (χ1) is 4.89. The van der Waals surface area contributed by atoms with Crippen LogP contribution in [-0.4, -0.2) is 36.1 Å². The van der Waals surface area contributed by atoms with Crippen LogP contribution in [0.2, 0.25) is 0 Å². The molecular weight excluding hydrogens is 172 g/mol. The Morgan fingerprint density at radius 2 is 2.00 bits per heavy atom. The molecule has 0 saturated carbocycles. The van der Waals surface area contributed by atoms with Gasteiger partial charge >= 0.3 is 10.4 Å². The van der Waals surface area contributed by atoms with Gasteiger partial charge in [0.25, 0.3) is 0 Å². The normalized spacial score (nSPS) is 15.4. The fourth-order valence-corrected chi connectivity index (χ4v) is 0.429. The molecule has 0 aromatic rings. The van der Waals surface area contributed by atoms with E-state index < -0.39 is 10.4 Å². The summed E-state index contributed by atoms with van der Waals surface area (Å²) in [4.78, 5) is 2.07. The minimum Gasteiger partial charge on any atom is -0.373 e. The van der Waals surface area contributed by atoms with Crippen LogP contribution in [0, 0.1) is 0 Å². The molecule has 1 rings (SSSR count). The topological polar surface area (TPSA) is 89.9 Å². The molecule has 6 nitrogen and oxygen atoms in total. The zero-order valence-corrected chi connectivity index (χ0v) is 6.74. The molecule has 1 heterocycles. The molecule has 0 aliphatic carbocycles. The van der Waals surface area contributed by atoms with Crippen LogP contribution in [0.4, 0.5) is 0 Å². The van der Waals surface area contributed by atoms with Gasteiger partial charge in [-0.25, -0.2) is 0 Å². The molecule has 1 aliphatic heterocycles. The Bertz CT molecular complexity index is 214. The number of nitrogens with zero attached hydrogens (tertiary/aromatic N) is 1. The maximum absolute atomic E-state index is 8.74. The van der Waals surface area contributed by atoms with Gasteiger partial charge in [0.1, 0.15) is 0 Å². The summed E-state index contributed by atoms with van der Waals surface area (Å²) in [5.74, 6) is 0. The third-order valence-corrected chi connectivity index (χ3v) is 0.788. The molecule has 0 spiro atoms. The van der Waals surface area contributed by atoms with Crippen LogP contribution < -0.4 is 5.32 Å². The molecule has 0 atom stereocenters. The monoisotopic (exact) mass is 182 g/mol. The molecule has 0 aromatic heterocycles. The van der Waals surface area contributed by atoms with Crippen LogP contribution in [0.15, 0.2) is 12.4 Å². The number of hydrogen-bond acceptors (Lipinski definition) is 4. The van der Waals surface area contributed by atoms with Crippen LogP contribution in [0.25, 0.3) is 0 Å². The van der Waals surface area contributed by atoms with E-state index >= 15 is 0 Å². The Kier molecular flexibility index (Phi) is 3.86. The summed E-state index contributed by atoms with van der Waals surface area (Å²) in [6.07, 6.45) is 3.93. The summed E-state index contributed by atoms with van der Waals surface area (Å²) in [7, 11) is -2.64. The molecule has 0 saturated heterocycles. The van der Waals surface area contributed by atoms with Crippen molar-refractivity contribution in [2.24, 2.45) is 0 Å². The van der Waals surface area contributed by atoms with Gasteiger partial charge in [-0.2, -0.15) is 8.42 Å². The smallest absolute Gasteiger partial charge is 0.373 e. The van der Waals surface area contributed by atoms with Gasteiger partial charge in [0, 0.05) is 19.4 Å². The van der Waals surface area contributed by atoms with Crippen LogP contribution in [0.5, 0.6) is 0 Å². The summed E-state index contributed by atoms with van der Waals surface area (Å²) >= 11 is 0. The summed E-state index contributed by atoms with van der Waals surface area (Å²) in [5, 5.41) is 3.02. The molecule has 0 bridgehead atoms. The van der Waals surface area contributed by atoms with Gasteiger partial charge in [0.05, 0.1) is 6.67 Å². The first-order valence-corrected chi connectivity index (χ1v) is 4.09. The zero-order chi connectivity index (χ0) is 8.91. The van der Waals surface area contributed by atoms with E-state index in [0.717, 1.165) is 6.67 Å². The van der Waals surface area contributed by atoms with Gasteiger partial charge in [-0.05, 0) is 0 Å². The van der Waals surface area contributed by atoms with E-state index in [1.54, 1.807) is 0 Å². The van der Waals surface area contributed by atoms with Gasteiger partial charge in [0.15, 0.2) is 0 Å². The van der Waals surface area contributed by atoms with Crippen LogP contribution in [0.1, 0.15) is 0 Å². The summed E-state index contributed by atoms with van der Waals surface area (Å²) < 4.78 is 31.6. The average Bonchev–Trinajstić information content (AvgIpc) is 2.12. The van der Waals surface area contributed by atoms with E-state index in [4.69, 9.17) is 17.5 Å². The zero-order valence-electron chi connectivity index (χ0n) is 5.93. The lowest BCUT2D eigenvalue weighted by Crippen LogP contribution is -2.14. The third kappa shape index (κ3) is 12.4. The van der Waals surface area contributed by atoms with Crippen molar-refractivity contribution in [2.45, 2.75) is 0 Å². The van der Waals surface area contributed by atoms with E-state index in [1.807, 2.05) is 19.4 Å². The van der Waals surface area contributed by atoms with Gasteiger partial charge in [-0.3, -0.25) is 9.11 Å². The molecule has 1 aliphatic rings. The van der Waals surface area contributed by atoms with Gasteiger partial charge in [-0.15, -0.1) is 0 Å². The Hall–Kier alpha value is -0.790. The van der Waals surface area contributed by atoms with Crippen LogP contribution in [0.3, 0.4) is 0 Å². The first-order valence-electron chi connectivity index (χ1n) is 2.70. The number of nitrogens with one attached hydrogen (secondary N) is 1. The maximum Gasteiger partial charge on any atom is 0.394 e. The fraction of sp³-hybridized carbons (Fsp3) is 0.500. The molecule has 0 radical (unpaired) electrons. The Morgan fingerprint density at radius 1 is 1.55 bits per heavy atom. The van der Waals surface area contributed by atoms with E-state index in [1.165, 1.54) is 0 Å². The van der Waals surface area contributed by atoms with Crippen LogP contribution in [-0.2, 0) is 10.4 Å². The Labute approximate surface area is 65.1 Å². The molecule has 0 unspecified atom stereocenters. The van der Waals surface area contributed by atoms with E-state index in [2.05, 4.69) is 10.2 Å². The molecule has 66 valence electrons. The van der Waals surface area contributed by atoms with Crippen molar-refractivity contribution in [1.29, 1.82) is 0 Å². The quantitative estimate of drug-likeness (QED) is 0.429. The first kappa shape index (κ1) is 10.2. The Balaban J connectivity index is 0.000000187. The van der Waals surface area contributed by atoms with E-state index in [9.17, 15) is 0 Å². The largest absolute Gasteiger partial charge is 0.394 e. The van der Waals surface area contributed by atoms with Crippen molar-refractivity contribution in [3.63, 3.8) is 0 Å². The minimum absolute atomic E-state index is 0.958. The van der Waals surface area contributed by atoms with Crippen molar-refractivity contribution in [3.8, 4) is 0 Å². The fourth-order valence-electron chi connectivity index (χ4n) is 0.429. The van der Waals surface area contributed by atoms with E-state index in [-0.39, 0.29) is 0 Å². The van der Waals surface area contributed by atoms with Gasteiger partial charge in [-0.1, -0.05) is 0 Å². The highest BCUT2D eigenvalue weighted by Crippen LogP contribution is 1.85. The molecule has 7 heteroatoms. The lowest BCUT2D eigenvalue weighted by Gasteiger charge is -2.02. The molecule has 0 amide bonds. The van der Waals surface area contributed by atoms with Crippen molar-refractivity contribution in [3.05, 3.63) is 12.4 Å². The standard InChI is InChI=1S/C4H8N2.H2O4S/c1-6-3-2-5-4-6;1-5(2,3)4/h2-3,5H,4H2,1H3;(H2,1,2,3,4). The third-order valence-electron chi connectivity index (χ3n) is 0.788. The lowest BCUT2D eigenvalue weighted by molar-refractivity contribution is 0.381. The Morgan fingerprint density at radius 3 is 2.09 bits per heavy atom.